The van der Waals surface area contributed by atoms with Crippen LogP contribution in [0.5, 0.6) is 11.5 Å². The maximum Gasteiger partial charge on any atom is 0.246 e. The second kappa shape index (κ2) is 8.50. The van der Waals surface area contributed by atoms with E-state index in [1.807, 2.05) is 41.2 Å². The van der Waals surface area contributed by atoms with Crippen molar-refractivity contribution in [2.75, 3.05) is 13.1 Å². The number of benzene rings is 2. The van der Waals surface area contributed by atoms with Crippen LogP contribution < -0.4 is 4.74 Å². The average molecular weight is 442 g/mol. The lowest BCUT2D eigenvalue weighted by Crippen LogP contribution is -2.27. The smallest absolute Gasteiger partial charge is 0.246 e. The largest absolute Gasteiger partial charge is 0.457 e. The molecule has 1 saturated heterocycles. The number of nitrogens with zero attached hydrogens (tertiary/aromatic N) is 4. The van der Waals surface area contributed by atoms with Crippen molar-refractivity contribution in [1.82, 2.24) is 19.7 Å². The number of carbonyl (C=O) groups is 1. The fourth-order valence-electron chi connectivity index (χ4n) is 4.25. The first-order valence-electron chi connectivity index (χ1n) is 10.8. The molecule has 2 aromatic heterocycles. The topological polar surface area (TPSA) is 60.2 Å². The lowest BCUT2D eigenvalue weighted by molar-refractivity contribution is -0.125. The number of hydrogen-bond donors (Lipinski definition) is 0. The van der Waals surface area contributed by atoms with Crippen molar-refractivity contribution in [2.45, 2.75) is 19.4 Å². The second-order valence-corrected chi connectivity index (χ2v) is 8.11. The van der Waals surface area contributed by atoms with Gasteiger partial charge in [-0.15, -0.1) is 0 Å². The van der Waals surface area contributed by atoms with Gasteiger partial charge in [-0.1, -0.05) is 12.6 Å². The highest BCUT2D eigenvalue weighted by atomic mass is 19.1. The van der Waals surface area contributed by atoms with Crippen LogP contribution in [-0.2, 0) is 4.79 Å². The summed E-state index contributed by atoms with van der Waals surface area (Å²) < 4.78 is 21.7. The standard InChI is InChI=1S/C26H23FN4O2/c1-3-25(32)30-14-12-19(16-30)31-23-11-13-28-15-21(23)26(29-31)18-7-9-20(10-8-18)33-24-6-4-5-22(27)17(24)2/h3-11,13,15,19H,1,12,14,16H2,2H3/t19-/m1/s1. The Kier molecular flexibility index (Phi) is 5.38. The fourth-order valence-corrected chi connectivity index (χ4v) is 4.25. The minimum atomic E-state index is -0.297. The van der Waals surface area contributed by atoms with Crippen molar-refractivity contribution in [3.8, 4) is 22.8 Å². The summed E-state index contributed by atoms with van der Waals surface area (Å²) >= 11 is 0. The van der Waals surface area contributed by atoms with Crippen LogP contribution in [0, 0.1) is 12.7 Å². The van der Waals surface area contributed by atoms with Gasteiger partial charge in [-0.25, -0.2) is 4.39 Å². The van der Waals surface area contributed by atoms with Crippen molar-refractivity contribution < 1.29 is 13.9 Å². The van der Waals surface area contributed by atoms with Crippen LogP contribution in [0.15, 0.2) is 73.6 Å². The molecule has 0 spiro atoms. The van der Waals surface area contributed by atoms with Crippen molar-refractivity contribution in [3.63, 3.8) is 0 Å². The van der Waals surface area contributed by atoms with E-state index in [4.69, 9.17) is 9.84 Å². The van der Waals surface area contributed by atoms with E-state index in [0.717, 1.165) is 28.6 Å². The molecule has 4 aromatic rings. The lowest BCUT2D eigenvalue weighted by atomic mass is 10.1. The van der Waals surface area contributed by atoms with Crippen molar-refractivity contribution in [2.24, 2.45) is 0 Å². The molecule has 0 bridgehead atoms. The molecule has 5 rings (SSSR count). The molecule has 0 saturated carbocycles. The first-order valence-corrected chi connectivity index (χ1v) is 10.8. The third-order valence-corrected chi connectivity index (χ3v) is 6.08. The number of amides is 1. The summed E-state index contributed by atoms with van der Waals surface area (Å²) in [6.07, 6.45) is 5.76. The van der Waals surface area contributed by atoms with E-state index in [1.165, 1.54) is 12.1 Å². The molecule has 1 fully saturated rings. The zero-order valence-corrected chi connectivity index (χ0v) is 18.2. The SMILES string of the molecule is C=CC(=O)N1CC[C@@H](n2nc(-c3ccc(Oc4cccc(F)c4C)cc3)c3cnccc32)C1. The minimum absolute atomic E-state index is 0.0556. The first-order chi connectivity index (χ1) is 16.0. The molecule has 7 heteroatoms. The molecule has 1 aliphatic rings. The van der Waals surface area contributed by atoms with Crippen LogP contribution in [-0.4, -0.2) is 38.7 Å². The Bertz CT molecular complexity index is 1350. The number of likely N-dealkylation sites (tertiary alicyclic amines) is 1. The second-order valence-electron chi connectivity index (χ2n) is 8.11. The van der Waals surface area contributed by atoms with Crippen LogP contribution in [0.2, 0.25) is 0 Å². The summed E-state index contributed by atoms with van der Waals surface area (Å²) in [6.45, 7) is 6.56. The summed E-state index contributed by atoms with van der Waals surface area (Å²) in [7, 11) is 0. The van der Waals surface area contributed by atoms with E-state index >= 15 is 0 Å². The van der Waals surface area contributed by atoms with Crippen LogP contribution in [0.3, 0.4) is 0 Å². The van der Waals surface area contributed by atoms with Crippen molar-refractivity contribution in [1.29, 1.82) is 0 Å². The third-order valence-electron chi connectivity index (χ3n) is 6.08. The predicted octanol–water partition coefficient (Wildman–Crippen LogP) is 5.30. The normalized spacial score (nSPS) is 15.7. The van der Waals surface area contributed by atoms with Gasteiger partial charge in [0.1, 0.15) is 23.0 Å². The Hall–Kier alpha value is -4.00. The monoisotopic (exact) mass is 442 g/mol. The van der Waals surface area contributed by atoms with Gasteiger partial charge in [0.2, 0.25) is 5.91 Å². The lowest BCUT2D eigenvalue weighted by Gasteiger charge is -2.15. The summed E-state index contributed by atoms with van der Waals surface area (Å²) in [4.78, 5) is 18.1. The quantitative estimate of drug-likeness (QED) is 0.394. The molecular weight excluding hydrogens is 419 g/mol. The molecule has 0 radical (unpaired) electrons. The molecule has 1 atom stereocenters. The molecular formula is C26H23FN4O2. The fraction of sp³-hybridized carbons (Fsp3) is 0.192. The summed E-state index contributed by atoms with van der Waals surface area (Å²) in [6, 6.07) is 14.4. The maximum atomic E-state index is 13.8. The highest BCUT2D eigenvalue weighted by Gasteiger charge is 2.28. The molecule has 0 N–H and O–H groups in total. The van der Waals surface area contributed by atoms with E-state index in [1.54, 1.807) is 30.2 Å². The Morgan fingerprint density at radius 2 is 2.03 bits per heavy atom. The molecule has 1 aliphatic heterocycles. The van der Waals surface area contributed by atoms with Gasteiger partial charge in [0, 0.05) is 42.0 Å². The van der Waals surface area contributed by atoms with Crippen LogP contribution >= 0.6 is 0 Å². The van der Waals surface area contributed by atoms with Gasteiger partial charge >= 0.3 is 0 Å². The van der Waals surface area contributed by atoms with E-state index < -0.39 is 0 Å². The summed E-state index contributed by atoms with van der Waals surface area (Å²) in [5.41, 5.74) is 3.19. The molecule has 3 heterocycles. The Morgan fingerprint density at radius 1 is 1.21 bits per heavy atom. The van der Waals surface area contributed by atoms with E-state index in [9.17, 15) is 9.18 Å². The van der Waals surface area contributed by atoms with Crippen LogP contribution in [0.1, 0.15) is 18.0 Å². The Morgan fingerprint density at radius 3 is 2.82 bits per heavy atom. The predicted molar refractivity (Wildman–Crippen MR) is 125 cm³/mol. The van der Waals surface area contributed by atoms with Gasteiger partial charge in [-0.3, -0.25) is 14.5 Å². The number of hydrogen-bond acceptors (Lipinski definition) is 4. The number of pyridine rings is 1. The third kappa shape index (κ3) is 3.86. The molecule has 166 valence electrons. The number of aromatic nitrogens is 3. The highest BCUT2D eigenvalue weighted by Crippen LogP contribution is 2.34. The molecule has 0 aliphatic carbocycles. The Balaban J connectivity index is 1.45. The zero-order valence-electron chi connectivity index (χ0n) is 18.2. The van der Waals surface area contributed by atoms with Gasteiger partial charge < -0.3 is 9.64 Å². The highest BCUT2D eigenvalue weighted by molar-refractivity contribution is 5.93. The van der Waals surface area contributed by atoms with Crippen molar-refractivity contribution in [3.05, 3.63) is 85.0 Å². The van der Waals surface area contributed by atoms with Crippen LogP contribution in [0.25, 0.3) is 22.2 Å². The maximum absolute atomic E-state index is 13.8. The van der Waals surface area contributed by atoms with Gasteiger partial charge in [0.15, 0.2) is 0 Å². The van der Waals surface area contributed by atoms with Gasteiger partial charge in [0.25, 0.3) is 0 Å². The molecule has 6 nitrogen and oxygen atoms in total. The van der Waals surface area contributed by atoms with Gasteiger partial charge in [0.05, 0.1) is 11.6 Å². The first kappa shape index (κ1) is 20.9. The number of carbonyl (C=O) groups excluding carboxylic acids is 1. The molecule has 2 aromatic carbocycles. The van der Waals surface area contributed by atoms with E-state index in [0.29, 0.717) is 30.2 Å². The Labute approximate surface area is 190 Å². The summed E-state index contributed by atoms with van der Waals surface area (Å²) in [5, 5.41) is 5.87. The average Bonchev–Trinajstić information content (AvgIpc) is 3.47. The van der Waals surface area contributed by atoms with Crippen LogP contribution in [0.4, 0.5) is 4.39 Å². The summed E-state index contributed by atoms with van der Waals surface area (Å²) in [5.74, 6) is 0.749. The molecule has 1 amide bonds. The van der Waals surface area contributed by atoms with E-state index in [-0.39, 0.29) is 17.8 Å². The van der Waals surface area contributed by atoms with Gasteiger partial charge in [-0.05, 0) is 61.9 Å². The molecule has 33 heavy (non-hydrogen) atoms. The zero-order chi connectivity index (χ0) is 22.9. The minimum Gasteiger partial charge on any atom is -0.457 e. The van der Waals surface area contributed by atoms with Crippen molar-refractivity contribution >= 4 is 16.8 Å². The number of fused-ring (bicyclic) bond motifs is 1. The van der Waals surface area contributed by atoms with E-state index in [2.05, 4.69) is 11.6 Å². The molecule has 0 unspecified atom stereocenters. The number of rotatable bonds is 5. The van der Waals surface area contributed by atoms with Gasteiger partial charge in [-0.2, -0.15) is 5.10 Å². The number of halogens is 1. The number of ether oxygens (including phenoxy) is 1.